The third-order valence-electron chi connectivity index (χ3n) is 1.59. The molecule has 1 amide bonds. The molecule has 14 heavy (non-hydrogen) atoms. The molecular weight excluding hydrogens is 206 g/mol. The van der Waals surface area contributed by atoms with Crippen molar-refractivity contribution in [2.45, 2.75) is 19.4 Å². The summed E-state index contributed by atoms with van der Waals surface area (Å²) in [5, 5.41) is 2.10. The zero-order valence-corrected chi connectivity index (χ0v) is 8.21. The van der Waals surface area contributed by atoms with Crippen molar-refractivity contribution in [3.8, 4) is 0 Å². The lowest BCUT2D eigenvalue weighted by Crippen LogP contribution is -2.22. The van der Waals surface area contributed by atoms with Crippen LogP contribution in [0, 0.1) is 0 Å². The van der Waals surface area contributed by atoms with Gasteiger partial charge in [0.15, 0.2) is 0 Å². The van der Waals surface area contributed by atoms with Crippen LogP contribution < -0.4 is 5.32 Å². The predicted octanol–water partition coefficient (Wildman–Crippen LogP) is 1.44. The Labute approximate surface area is 86.2 Å². The van der Waals surface area contributed by atoms with Crippen molar-refractivity contribution in [1.82, 2.24) is 5.32 Å². The molecule has 1 N–H and O–H groups in total. The molecule has 0 spiro atoms. The molecule has 0 unspecified atom stereocenters. The van der Waals surface area contributed by atoms with Gasteiger partial charge in [0.05, 0.1) is 12.8 Å². The number of carbonyl (C=O) groups excluding carboxylic acids is 2. The Morgan fingerprint density at radius 3 is 2.79 bits per heavy atom. The molecule has 1 rings (SSSR count). The molecular formula is C9H10ClNO3. The molecule has 0 saturated heterocycles. The highest BCUT2D eigenvalue weighted by Crippen LogP contribution is 1.99. The molecule has 0 aromatic carbocycles. The number of furan rings is 1. The second kappa shape index (κ2) is 5.44. The summed E-state index contributed by atoms with van der Waals surface area (Å²) in [7, 11) is 0. The first-order valence-corrected chi connectivity index (χ1v) is 4.53. The number of rotatable bonds is 5. The molecule has 1 aromatic heterocycles. The summed E-state index contributed by atoms with van der Waals surface area (Å²) >= 11 is 5.08. The van der Waals surface area contributed by atoms with Gasteiger partial charge < -0.3 is 9.73 Å². The van der Waals surface area contributed by atoms with Gasteiger partial charge in [-0.25, -0.2) is 0 Å². The number of halogens is 1. The van der Waals surface area contributed by atoms with Gasteiger partial charge in [0, 0.05) is 12.8 Å². The quantitative estimate of drug-likeness (QED) is 0.757. The molecule has 0 aliphatic rings. The number of hydrogen-bond donors (Lipinski definition) is 1. The monoisotopic (exact) mass is 215 g/mol. The highest BCUT2D eigenvalue weighted by Gasteiger charge is 2.04. The molecule has 0 fully saturated rings. The third kappa shape index (κ3) is 4.09. The second-order valence-corrected chi connectivity index (χ2v) is 3.13. The summed E-state index contributed by atoms with van der Waals surface area (Å²) in [5.41, 5.74) is 0. The van der Waals surface area contributed by atoms with E-state index in [4.69, 9.17) is 16.0 Å². The first-order chi connectivity index (χ1) is 6.68. The van der Waals surface area contributed by atoms with Gasteiger partial charge in [-0.15, -0.1) is 0 Å². The van der Waals surface area contributed by atoms with E-state index < -0.39 is 5.24 Å². The van der Waals surface area contributed by atoms with Crippen LogP contribution in [0.1, 0.15) is 18.6 Å². The number of carbonyl (C=O) groups is 2. The summed E-state index contributed by atoms with van der Waals surface area (Å²) in [4.78, 5) is 21.4. The highest BCUT2D eigenvalue weighted by molar-refractivity contribution is 6.63. The largest absolute Gasteiger partial charge is 0.467 e. The zero-order chi connectivity index (χ0) is 10.4. The average molecular weight is 216 g/mol. The molecule has 76 valence electrons. The van der Waals surface area contributed by atoms with Crippen LogP contribution in [0.15, 0.2) is 22.8 Å². The molecule has 1 aromatic rings. The van der Waals surface area contributed by atoms with Crippen LogP contribution >= 0.6 is 11.6 Å². The maximum Gasteiger partial charge on any atom is 0.222 e. The van der Waals surface area contributed by atoms with Gasteiger partial charge in [-0.2, -0.15) is 0 Å². The smallest absolute Gasteiger partial charge is 0.222 e. The first kappa shape index (κ1) is 10.8. The van der Waals surface area contributed by atoms with Crippen LogP contribution in [0.2, 0.25) is 0 Å². The van der Waals surface area contributed by atoms with Crippen LogP contribution in [0.3, 0.4) is 0 Å². The fraction of sp³-hybridized carbons (Fsp3) is 0.333. The van der Waals surface area contributed by atoms with E-state index in [1.165, 1.54) is 6.26 Å². The van der Waals surface area contributed by atoms with Gasteiger partial charge in [0.2, 0.25) is 11.1 Å². The summed E-state index contributed by atoms with van der Waals surface area (Å²) in [5.74, 6) is 0.464. The summed E-state index contributed by atoms with van der Waals surface area (Å²) in [6, 6.07) is 3.50. The zero-order valence-electron chi connectivity index (χ0n) is 7.46. The molecule has 0 radical (unpaired) electrons. The van der Waals surface area contributed by atoms with Crippen molar-refractivity contribution in [1.29, 1.82) is 0 Å². The fourth-order valence-electron chi connectivity index (χ4n) is 0.899. The normalized spacial score (nSPS) is 9.79. The second-order valence-electron chi connectivity index (χ2n) is 2.71. The topological polar surface area (TPSA) is 59.3 Å². The minimum atomic E-state index is -0.502. The van der Waals surface area contributed by atoms with E-state index in [1.54, 1.807) is 12.1 Å². The lowest BCUT2D eigenvalue weighted by atomic mass is 10.3. The molecule has 0 aliphatic heterocycles. The van der Waals surface area contributed by atoms with Crippen molar-refractivity contribution >= 4 is 22.8 Å². The Morgan fingerprint density at radius 1 is 1.43 bits per heavy atom. The molecule has 0 aliphatic carbocycles. The fourth-order valence-corrected chi connectivity index (χ4v) is 0.994. The van der Waals surface area contributed by atoms with E-state index in [0.29, 0.717) is 12.3 Å². The van der Waals surface area contributed by atoms with Crippen molar-refractivity contribution in [3.63, 3.8) is 0 Å². The van der Waals surface area contributed by atoms with Gasteiger partial charge in [-0.3, -0.25) is 9.59 Å². The van der Waals surface area contributed by atoms with Crippen LogP contribution in [0.25, 0.3) is 0 Å². The molecule has 1 heterocycles. The molecule has 4 nitrogen and oxygen atoms in total. The molecule has 0 saturated carbocycles. The van der Waals surface area contributed by atoms with E-state index in [0.717, 1.165) is 0 Å². The van der Waals surface area contributed by atoms with Crippen molar-refractivity contribution in [2.75, 3.05) is 0 Å². The Bertz CT molecular complexity index is 308. The maximum atomic E-state index is 11.1. The first-order valence-electron chi connectivity index (χ1n) is 4.16. The Morgan fingerprint density at radius 2 is 2.21 bits per heavy atom. The molecule has 0 atom stereocenters. The van der Waals surface area contributed by atoms with Crippen molar-refractivity contribution in [3.05, 3.63) is 24.2 Å². The minimum absolute atomic E-state index is 0.0611. The van der Waals surface area contributed by atoms with Gasteiger partial charge in [-0.05, 0) is 23.7 Å². The summed E-state index contributed by atoms with van der Waals surface area (Å²) in [6.45, 7) is 0.336. The SMILES string of the molecule is O=C(Cl)CCC(=O)NCc1ccco1. The van der Waals surface area contributed by atoms with Crippen LogP contribution in [-0.2, 0) is 16.1 Å². The Hall–Kier alpha value is -1.29. The van der Waals surface area contributed by atoms with E-state index >= 15 is 0 Å². The number of hydrogen-bond acceptors (Lipinski definition) is 3. The predicted molar refractivity (Wildman–Crippen MR) is 50.6 cm³/mol. The maximum absolute atomic E-state index is 11.1. The lowest BCUT2D eigenvalue weighted by Gasteiger charge is -2.00. The average Bonchev–Trinajstić information content (AvgIpc) is 2.63. The number of nitrogens with one attached hydrogen (secondary N) is 1. The highest BCUT2D eigenvalue weighted by atomic mass is 35.5. The summed E-state index contributed by atoms with van der Waals surface area (Å²) in [6.07, 6.45) is 1.71. The van der Waals surface area contributed by atoms with Gasteiger partial charge in [-0.1, -0.05) is 0 Å². The van der Waals surface area contributed by atoms with E-state index in [-0.39, 0.29) is 18.7 Å². The van der Waals surface area contributed by atoms with Crippen LogP contribution in [0.4, 0.5) is 0 Å². The van der Waals surface area contributed by atoms with Gasteiger partial charge >= 0.3 is 0 Å². The van der Waals surface area contributed by atoms with E-state index in [2.05, 4.69) is 5.32 Å². The third-order valence-corrected chi connectivity index (χ3v) is 1.78. The van der Waals surface area contributed by atoms with Crippen molar-refractivity contribution < 1.29 is 14.0 Å². The number of amides is 1. The van der Waals surface area contributed by atoms with Gasteiger partial charge in [0.1, 0.15) is 5.76 Å². The van der Waals surface area contributed by atoms with E-state index in [9.17, 15) is 9.59 Å². The molecule has 0 bridgehead atoms. The van der Waals surface area contributed by atoms with Gasteiger partial charge in [0.25, 0.3) is 0 Å². The van der Waals surface area contributed by atoms with E-state index in [1.807, 2.05) is 0 Å². The minimum Gasteiger partial charge on any atom is -0.467 e. The summed E-state index contributed by atoms with van der Waals surface area (Å²) < 4.78 is 5.00. The van der Waals surface area contributed by atoms with Crippen LogP contribution in [0.5, 0.6) is 0 Å². The van der Waals surface area contributed by atoms with Crippen LogP contribution in [-0.4, -0.2) is 11.1 Å². The van der Waals surface area contributed by atoms with Crippen molar-refractivity contribution in [2.24, 2.45) is 0 Å². The Kier molecular flexibility index (Phi) is 4.19. The lowest BCUT2D eigenvalue weighted by molar-refractivity contribution is -0.123. The standard InChI is InChI=1S/C9H10ClNO3/c10-8(12)3-4-9(13)11-6-7-2-1-5-14-7/h1-2,5H,3-4,6H2,(H,11,13). The Balaban J connectivity index is 2.18. The molecule has 5 heteroatoms.